The molecule has 0 bridgehead atoms. The minimum atomic E-state index is -0.549. The summed E-state index contributed by atoms with van der Waals surface area (Å²) in [5.74, 6) is 0.684. The molecule has 0 radical (unpaired) electrons. The predicted octanol–water partition coefficient (Wildman–Crippen LogP) is 3.97. The van der Waals surface area contributed by atoms with Crippen LogP contribution in [0, 0.1) is 5.82 Å². The van der Waals surface area contributed by atoms with E-state index in [2.05, 4.69) is 0 Å². The quantitative estimate of drug-likeness (QED) is 0.364. The number of fused-ring (bicyclic) bond motifs is 5. The van der Waals surface area contributed by atoms with Crippen molar-refractivity contribution in [2.24, 2.45) is 0 Å². The normalized spacial score (nSPS) is 13.3. The zero-order valence-electron chi connectivity index (χ0n) is 11.8. The van der Waals surface area contributed by atoms with E-state index in [1.807, 2.05) is 12.1 Å². The van der Waals surface area contributed by atoms with Crippen LogP contribution in [0.5, 0.6) is 11.5 Å². The fourth-order valence-corrected chi connectivity index (χ4v) is 3.05. The predicted molar refractivity (Wildman–Crippen MR) is 83.6 cm³/mol. The number of hydrogen-bond donors (Lipinski definition) is 0. The van der Waals surface area contributed by atoms with Gasteiger partial charge in [-0.25, -0.2) is 4.39 Å². The number of rotatable bonds is 0. The summed E-state index contributed by atoms with van der Waals surface area (Å²) < 4.78 is 30.3. The van der Waals surface area contributed by atoms with Gasteiger partial charge in [-0.05, 0) is 35.7 Å². The lowest BCUT2D eigenvalue weighted by atomic mass is 10.0. The molecule has 0 unspecified atom stereocenters. The summed E-state index contributed by atoms with van der Waals surface area (Å²) in [6.45, 7) is 0.159. The second-order valence-corrected chi connectivity index (χ2v) is 5.41. The first-order valence-electron chi connectivity index (χ1n) is 7.10. The Kier molecular flexibility index (Phi) is 2.29. The highest BCUT2D eigenvalue weighted by Crippen LogP contribution is 2.38. The molecule has 0 saturated carbocycles. The van der Waals surface area contributed by atoms with Crippen molar-refractivity contribution in [1.29, 1.82) is 0 Å². The van der Waals surface area contributed by atoms with Crippen molar-refractivity contribution in [3.63, 3.8) is 0 Å². The van der Waals surface area contributed by atoms with Crippen LogP contribution in [0.2, 0.25) is 0 Å². The molecule has 0 fully saturated rings. The SMILES string of the molecule is O=c1c2cccc(F)c2oc2ccc3cc4c(cc3c12)OCO4. The molecule has 2 heterocycles. The molecule has 1 aliphatic rings. The lowest BCUT2D eigenvalue weighted by molar-refractivity contribution is 0.174. The minimum Gasteiger partial charge on any atom is -0.454 e. The molecule has 5 heteroatoms. The molecule has 0 atom stereocenters. The standard InChI is InChI=1S/C18H9FO4/c19-12-3-1-2-10-17(20)16-11-7-15-14(21-8-22-15)6-9(11)4-5-13(16)23-18(10)12/h1-7H,8H2. The van der Waals surface area contributed by atoms with E-state index in [1.165, 1.54) is 12.1 Å². The summed E-state index contributed by atoms with van der Waals surface area (Å²) in [5.41, 5.74) is 0.0641. The monoisotopic (exact) mass is 308 g/mol. The van der Waals surface area contributed by atoms with Gasteiger partial charge in [0, 0.05) is 5.39 Å². The molecule has 4 aromatic rings. The van der Waals surface area contributed by atoms with E-state index in [-0.39, 0.29) is 23.2 Å². The number of hydrogen-bond acceptors (Lipinski definition) is 4. The maximum Gasteiger partial charge on any atom is 0.231 e. The Morgan fingerprint density at radius 2 is 1.78 bits per heavy atom. The van der Waals surface area contributed by atoms with Crippen LogP contribution in [-0.2, 0) is 0 Å². The maximum absolute atomic E-state index is 13.9. The van der Waals surface area contributed by atoms with Gasteiger partial charge in [-0.1, -0.05) is 12.1 Å². The first-order chi connectivity index (χ1) is 11.2. The number of ether oxygens (including phenoxy) is 2. The molecule has 3 aromatic carbocycles. The molecule has 0 spiro atoms. The topological polar surface area (TPSA) is 48.7 Å². The molecule has 1 aromatic heterocycles. The molecule has 0 amide bonds. The smallest absolute Gasteiger partial charge is 0.231 e. The Morgan fingerprint density at radius 1 is 0.957 bits per heavy atom. The summed E-state index contributed by atoms with van der Waals surface area (Å²) in [5, 5.41) is 2.18. The van der Waals surface area contributed by atoms with Crippen LogP contribution < -0.4 is 14.9 Å². The van der Waals surface area contributed by atoms with Gasteiger partial charge in [-0.3, -0.25) is 4.79 Å². The summed E-state index contributed by atoms with van der Waals surface area (Å²) in [6.07, 6.45) is 0. The van der Waals surface area contributed by atoms with Crippen LogP contribution in [0.1, 0.15) is 0 Å². The van der Waals surface area contributed by atoms with Crippen molar-refractivity contribution in [3.8, 4) is 11.5 Å². The van der Waals surface area contributed by atoms with Crippen molar-refractivity contribution in [2.45, 2.75) is 0 Å². The first-order valence-corrected chi connectivity index (χ1v) is 7.10. The Hall–Kier alpha value is -3.08. The van der Waals surface area contributed by atoms with Crippen molar-refractivity contribution in [2.75, 3.05) is 6.79 Å². The highest BCUT2D eigenvalue weighted by Gasteiger charge is 2.18. The van der Waals surface area contributed by atoms with Crippen LogP contribution in [0.15, 0.2) is 51.7 Å². The Bertz CT molecular complexity index is 1180. The second-order valence-electron chi connectivity index (χ2n) is 5.41. The van der Waals surface area contributed by atoms with E-state index in [0.29, 0.717) is 27.9 Å². The summed E-state index contributed by atoms with van der Waals surface area (Å²) >= 11 is 0. The largest absolute Gasteiger partial charge is 0.454 e. The van der Waals surface area contributed by atoms with E-state index < -0.39 is 5.82 Å². The molecule has 4 nitrogen and oxygen atoms in total. The Balaban J connectivity index is 2.03. The van der Waals surface area contributed by atoms with Crippen molar-refractivity contribution < 1.29 is 18.3 Å². The molecule has 0 aliphatic carbocycles. The van der Waals surface area contributed by atoms with Crippen LogP contribution in [0.4, 0.5) is 4.39 Å². The lowest BCUT2D eigenvalue weighted by Gasteiger charge is -2.06. The summed E-state index contributed by atoms with van der Waals surface area (Å²) in [7, 11) is 0. The number of benzene rings is 3. The van der Waals surface area contributed by atoms with E-state index in [0.717, 1.165) is 5.39 Å². The lowest BCUT2D eigenvalue weighted by Crippen LogP contribution is -2.03. The van der Waals surface area contributed by atoms with Gasteiger partial charge in [0.2, 0.25) is 12.2 Å². The van der Waals surface area contributed by atoms with Crippen LogP contribution in [-0.4, -0.2) is 6.79 Å². The highest BCUT2D eigenvalue weighted by molar-refractivity contribution is 6.09. The van der Waals surface area contributed by atoms with Crippen molar-refractivity contribution in [1.82, 2.24) is 0 Å². The molecule has 1 aliphatic heterocycles. The zero-order valence-corrected chi connectivity index (χ0v) is 11.8. The average molecular weight is 308 g/mol. The first kappa shape index (κ1) is 12.5. The summed E-state index contributed by atoms with van der Waals surface area (Å²) in [6, 6.07) is 11.4. The number of halogens is 1. The van der Waals surface area contributed by atoms with Crippen LogP contribution >= 0.6 is 0 Å². The van der Waals surface area contributed by atoms with Crippen molar-refractivity contribution in [3.05, 3.63) is 58.5 Å². The molecule has 23 heavy (non-hydrogen) atoms. The zero-order chi connectivity index (χ0) is 15.6. The van der Waals surface area contributed by atoms with Gasteiger partial charge in [-0.2, -0.15) is 0 Å². The van der Waals surface area contributed by atoms with E-state index in [9.17, 15) is 9.18 Å². The van der Waals surface area contributed by atoms with Crippen LogP contribution in [0.3, 0.4) is 0 Å². The third kappa shape index (κ3) is 1.61. The molecule has 5 rings (SSSR count). The maximum atomic E-state index is 13.9. The van der Waals surface area contributed by atoms with Gasteiger partial charge < -0.3 is 13.9 Å². The summed E-state index contributed by atoms with van der Waals surface area (Å²) in [4.78, 5) is 12.9. The third-order valence-electron chi connectivity index (χ3n) is 4.13. The van der Waals surface area contributed by atoms with Gasteiger partial charge in [0.15, 0.2) is 22.9 Å². The fraction of sp³-hybridized carbons (Fsp3) is 0.0556. The Labute approximate surface area is 128 Å². The van der Waals surface area contributed by atoms with Crippen molar-refractivity contribution >= 4 is 32.7 Å². The highest BCUT2D eigenvalue weighted by atomic mass is 19.1. The molecule has 112 valence electrons. The van der Waals surface area contributed by atoms with Gasteiger partial charge in [-0.15, -0.1) is 0 Å². The average Bonchev–Trinajstić information content (AvgIpc) is 3.01. The van der Waals surface area contributed by atoms with E-state index in [4.69, 9.17) is 13.9 Å². The third-order valence-corrected chi connectivity index (χ3v) is 4.13. The van der Waals surface area contributed by atoms with Gasteiger partial charge >= 0.3 is 0 Å². The minimum absolute atomic E-state index is 0.0231. The Morgan fingerprint density at radius 3 is 2.65 bits per heavy atom. The fourth-order valence-electron chi connectivity index (χ4n) is 3.05. The van der Waals surface area contributed by atoms with E-state index in [1.54, 1.807) is 18.2 Å². The van der Waals surface area contributed by atoms with Gasteiger partial charge in [0.1, 0.15) is 5.58 Å². The van der Waals surface area contributed by atoms with Gasteiger partial charge in [0.25, 0.3) is 0 Å². The van der Waals surface area contributed by atoms with E-state index >= 15 is 0 Å². The van der Waals surface area contributed by atoms with Crippen LogP contribution in [0.25, 0.3) is 32.7 Å². The molecule has 0 N–H and O–H groups in total. The number of para-hydroxylation sites is 1. The molecular formula is C18H9FO4. The molecule has 0 saturated heterocycles. The second kappa shape index (κ2) is 4.23. The van der Waals surface area contributed by atoms with Gasteiger partial charge in [0.05, 0.1) is 10.8 Å². The molecular weight excluding hydrogens is 299 g/mol.